The second-order valence-corrected chi connectivity index (χ2v) is 3.88. The van der Waals surface area contributed by atoms with Gasteiger partial charge in [0.15, 0.2) is 0 Å². The van der Waals surface area contributed by atoms with Gasteiger partial charge in [-0.25, -0.2) is 4.39 Å². The number of rotatable bonds is 5. The quantitative estimate of drug-likeness (QED) is 0.616. The summed E-state index contributed by atoms with van der Waals surface area (Å²) in [6, 6.07) is 2.12. The summed E-state index contributed by atoms with van der Waals surface area (Å²) in [7, 11) is 1.17. The average molecular weight is 327 g/mol. The van der Waals surface area contributed by atoms with Gasteiger partial charge in [-0.2, -0.15) is 8.78 Å². The van der Waals surface area contributed by atoms with E-state index in [-0.39, 0.29) is 28.6 Å². The summed E-state index contributed by atoms with van der Waals surface area (Å²) in [5.41, 5.74) is 0.397. The fourth-order valence-corrected chi connectivity index (χ4v) is 1.75. The molecule has 0 spiro atoms. The van der Waals surface area contributed by atoms with Gasteiger partial charge in [-0.05, 0) is 11.6 Å². The lowest BCUT2D eigenvalue weighted by molar-refractivity contribution is -0.139. The first-order chi connectivity index (χ1) is 8.47. The third-order valence-corrected chi connectivity index (χ3v) is 2.76. The Kier molecular flexibility index (Phi) is 5.46. The third kappa shape index (κ3) is 3.90. The molecule has 3 nitrogen and oxygen atoms in total. The van der Waals surface area contributed by atoms with Gasteiger partial charge in [-0.3, -0.25) is 4.79 Å². The van der Waals surface area contributed by atoms with Crippen molar-refractivity contribution in [3.63, 3.8) is 0 Å². The van der Waals surface area contributed by atoms with E-state index in [1.165, 1.54) is 13.2 Å². The number of alkyl halides is 3. The summed E-state index contributed by atoms with van der Waals surface area (Å²) in [4.78, 5) is 11.1. The Morgan fingerprint density at radius 3 is 2.56 bits per heavy atom. The molecule has 0 atom stereocenters. The maximum absolute atomic E-state index is 13.4. The van der Waals surface area contributed by atoms with Gasteiger partial charge in [0.05, 0.1) is 13.5 Å². The normalized spacial score (nSPS) is 10.6. The summed E-state index contributed by atoms with van der Waals surface area (Å²) in [6.07, 6.45) is -0.265. The molecule has 0 radical (unpaired) electrons. The van der Waals surface area contributed by atoms with Crippen LogP contribution in [0.4, 0.5) is 13.2 Å². The van der Waals surface area contributed by atoms with Crippen molar-refractivity contribution in [3.8, 4) is 5.75 Å². The monoisotopic (exact) mass is 326 g/mol. The molecule has 100 valence electrons. The Bertz CT molecular complexity index is 438. The first-order valence-corrected chi connectivity index (χ1v) is 5.99. The van der Waals surface area contributed by atoms with Crippen molar-refractivity contribution in [1.29, 1.82) is 0 Å². The first-order valence-electron chi connectivity index (χ1n) is 4.86. The van der Waals surface area contributed by atoms with Crippen molar-refractivity contribution in [3.05, 3.63) is 29.1 Å². The van der Waals surface area contributed by atoms with E-state index in [1.807, 2.05) is 0 Å². The Morgan fingerprint density at radius 1 is 1.39 bits per heavy atom. The average Bonchev–Trinajstić information content (AvgIpc) is 2.31. The van der Waals surface area contributed by atoms with Gasteiger partial charge in [-0.1, -0.05) is 15.9 Å². The van der Waals surface area contributed by atoms with Gasteiger partial charge < -0.3 is 9.47 Å². The highest BCUT2D eigenvalue weighted by atomic mass is 79.9. The molecule has 0 amide bonds. The van der Waals surface area contributed by atoms with E-state index in [9.17, 15) is 18.0 Å². The van der Waals surface area contributed by atoms with E-state index in [0.29, 0.717) is 0 Å². The standard InChI is InChI=1S/C11H10BrF3O3/c1-17-10(16)3-6-2-7(5-12)8(13)4-9(6)18-11(14)15/h2,4,11H,3,5H2,1H3. The Labute approximate surface area is 110 Å². The number of ether oxygens (including phenoxy) is 2. The smallest absolute Gasteiger partial charge is 0.387 e. The lowest BCUT2D eigenvalue weighted by atomic mass is 10.1. The number of esters is 1. The van der Waals surface area contributed by atoms with Gasteiger partial charge in [0.25, 0.3) is 0 Å². The Morgan fingerprint density at radius 2 is 2.06 bits per heavy atom. The second kappa shape index (κ2) is 6.63. The highest BCUT2D eigenvalue weighted by Gasteiger charge is 2.16. The molecular weight excluding hydrogens is 317 g/mol. The predicted molar refractivity (Wildman–Crippen MR) is 61.4 cm³/mol. The van der Waals surface area contributed by atoms with Crippen molar-refractivity contribution in [2.24, 2.45) is 0 Å². The van der Waals surface area contributed by atoms with Crippen molar-refractivity contribution >= 4 is 21.9 Å². The van der Waals surface area contributed by atoms with E-state index in [4.69, 9.17) is 0 Å². The van der Waals surface area contributed by atoms with E-state index >= 15 is 0 Å². The highest BCUT2D eigenvalue weighted by Crippen LogP contribution is 2.26. The van der Waals surface area contributed by atoms with Gasteiger partial charge in [0.2, 0.25) is 0 Å². The van der Waals surface area contributed by atoms with E-state index in [2.05, 4.69) is 25.4 Å². The molecule has 18 heavy (non-hydrogen) atoms. The van der Waals surface area contributed by atoms with Gasteiger partial charge in [0.1, 0.15) is 11.6 Å². The molecule has 0 aliphatic carbocycles. The number of halogens is 4. The molecule has 1 aromatic rings. The van der Waals surface area contributed by atoms with Crippen LogP contribution in [0.25, 0.3) is 0 Å². The molecule has 1 aromatic carbocycles. The van der Waals surface area contributed by atoms with Crippen LogP contribution in [0.3, 0.4) is 0 Å². The van der Waals surface area contributed by atoms with Crippen LogP contribution in [0.5, 0.6) is 5.75 Å². The van der Waals surface area contributed by atoms with E-state index < -0.39 is 18.4 Å². The maximum atomic E-state index is 13.4. The molecule has 0 aliphatic heterocycles. The molecule has 0 aliphatic rings. The SMILES string of the molecule is COC(=O)Cc1cc(CBr)c(F)cc1OC(F)F. The van der Waals surface area contributed by atoms with Crippen LogP contribution in [0.15, 0.2) is 12.1 Å². The van der Waals surface area contributed by atoms with Crippen LogP contribution in [0.2, 0.25) is 0 Å². The van der Waals surface area contributed by atoms with Crippen LogP contribution >= 0.6 is 15.9 Å². The minimum Gasteiger partial charge on any atom is -0.469 e. The van der Waals surface area contributed by atoms with Crippen molar-refractivity contribution < 1.29 is 27.4 Å². The van der Waals surface area contributed by atoms with Crippen LogP contribution in [0.1, 0.15) is 11.1 Å². The zero-order valence-electron chi connectivity index (χ0n) is 9.38. The van der Waals surface area contributed by atoms with Gasteiger partial charge >= 0.3 is 12.6 Å². The topological polar surface area (TPSA) is 35.5 Å². The number of hydrogen-bond acceptors (Lipinski definition) is 3. The molecule has 0 bridgehead atoms. The zero-order chi connectivity index (χ0) is 13.7. The number of benzene rings is 1. The highest BCUT2D eigenvalue weighted by molar-refractivity contribution is 9.08. The Balaban J connectivity index is 3.12. The summed E-state index contributed by atoms with van der Waals surface area (Å²) >= 11 is 3.06. The lowest BCUT2D eigenvalue weighted by Gasteiger charge is -2.12. The summed E-state index contributed by atoms with van der Waals surface area (Å²) in [5.74, 6) is -1.67. The molecule has 0 saturated heterocycles. The lowest BCUT2D eigenvalue weighted by Crippen LogP contribution is -2.10. The van der Waals surface area contributed by atoms with E-state index in [1.54, 1.807) is 0 Å². The molecule has 0 heterocycles. The van der Waals surface area contributed by atoms with Crippen LogP contribution in [0, 0.1) is 5.82 Å². The van der Waals surface area contributed by atoms with Gasteiger partial charge in [-0.15, -0.1) is 0 Å². The molecular formula is C11H10BrF3O3. The number of carbonyl (C=O) groups excluding carboxylic acids is 1. The third-order valence-electron chi connectivity index (χ3n) is 2.15. The minimum atomic E-state index is -3.09. The van der Waals surface area contributed by atoms with Crippen LogP contribution < -0.4 is 4.74 Å². The zero-order valence-corrected chi connectivity index (χ0v) is 11.0. The molecule has 0 N–H and O–H groups in total. The fraction of sp³-hybridized carbons (Fsp3) is 0.364. The Hall–Kier alpha value is -1.24. The summed E-state index contributed by atoms with van der Waals surface area (Å²) in [6.45, 7) is -3.09. The molecule has 0 unspecified atom stereocenters. The molecule has 0 fully saturated rings. The number of carbonyl (C=O) groups is 1. The van der Waals surface area contributed by atoms with Gasteiger partial charge in [0, 0.05) is 17.0 Å². The largest absolute Gasteiger partial charge is 0.469 e. The molecule has 0 saturated carbocycles. The maximum Gasteiger partial charge on any atom is 0.387 e. The molecule has 7 heteroatoms. The summed E-state index contributed by atoms with van der Waals surface area (Å²) in [5, 5.41) is 0.196. The number of methoxy groups -OCH3 is 1. The van der Waals surface area contributed by atoms with Crippen molar-refractivity contribution in [1.82, 2.24) is 0 Å². The summed E-state index contributed by atoms with van der Waals surface area (Å²) < 4.78 is 46.4. The van der Waals surface area contributed by atoms with Crippen LogP contribution in [-0.2, 0) is 21.3 Å². The second-order valence-electron chi connectivity index (χ2n) is 3.32. The fourth-order valence-electron chi connectivity index (χ4n) is 1.32. The van der Waals surface area contributed by atoms with Crippen LogP contribution in [-0.4, -0.2) is 19.7 Å². The first kappa shape index (κ1) is 14.8. The van der Waals surface area contributed by atoms with Crippen molar-refractivity contribution in [2.45, 2.75) is 18.4 Å². The van der Waals surface area contributed by atoms with Crippen molar-refractivity contribution in [2.75, 3.05) is 7.11 Å². The molecule has 0 aromatic heterocycles. The minimum absolute atomic E-state index is 0.151. The number of hydrogen-bond donors (Lipinski definition) is 0. The molecule has 1 rings (SSSR count). The predicted octanol–water partition coefficient (Wildman–Crippen LogP) is 3.04. The van der Waals surface area contributed by atoms with E-state index in [0.717, 1.165) is 6.07 Å².